The highest BCUT2D eigenvalue weighted by atomic mass is 16.5. The van der Waals surface area contributed by atoms with Crippen molar-refractivity contribution in [3.05, 3.63) is 83.8 Å². The third-order valence-electron chi connectivity index (χ3n) is 4.82. The summed E-state index contributed by atoms with van der Waals surface area (Å²) in [5.74, 6) is 1.53. The van der Waals surface area contributed by atoms with E-state index < -0.39 is 0 Å². The molecule has 4 rings (SSSR count). The number of benzene rings is 2. The molecule has 7 nitrogen and oxygen atoms in total. The average molecular weight is 428 g/mol. The first kappa shape index (κ1) is 21.2. The molecule has 0 atom stereocenters. The molecule has 0 aliphatic rings. The van der Waals surface area contributed by atoms with E-state index in [9.17, 15) is 4.79 Å². The molecule has 0 fully saturated rings. The third-order valence-corrected chi connectivity index (χ3v) is 4.82. The predicted molar refractivity (Wildman–Crippen MR) is 124 cm³/mol. The van der Waals surface area contributed by atoms with Gasteiger partial charge in [-0.2, -0.15) is 9.78 Å². The van der Waals surface area contributed by atoms with Gasteiger partial charge >= 0.3 is 0 Å². The number of rotatable bonds is 7. The van der Waals surface area contributed by atoms with Gasteiger partial charge in [0.2, 0.25) is 5.91 Å². The first-order valence-corrected chi connectivity index (χ1v) is 10.5. The standard InChI is InChI=1S/C25H25N5O2/c1-17-15-18(2)27-25(26-17)30-23(16-19(3)29-30)28-24(31)13-14-32-22-12-8-7-11-21(22)20-9-5-4-6-10-20/h4-12,15-16H,13-14H2,1-3H3,(H,28,31). The van der Waals surface area contributed by atoms with Crippen LogP contribution in [0, 0.1) is 20.8 Å². The van der Waals surface area contributed by atoms with Gasteiger partial charge in [-0.15, -0.1) is 0 Å². The van der Waals surface area contributed by atoms with Crippen molar-refractivity contribution in [3.63, 3.8) is 0 Å². The largest absolute Gasteiger partial charge is 0.492 e. The van der Waals surface area contributed by atoms with Crippen LogP contribution in [0.1, 0.15) is 23.5 Å². The second-order valence-electron chi connectivity index (χ2n) is 7.54. The number of nitrogens with zero attached hydrogens (tertiary/aromatic N) is 4. The summed E-state index contributed by atoms with van der Waals surface area (Å²) >= 11 is 0. The topological polar surface area (TPSA) is 81.9 Å². The average Bonchev–Trinajstić information content (AvgIpc) is 3.14. The van der Waals surface area contributed by atoms with Gasteiger partial charge in [0.05, 0.1) is 18.7 Å². The number of nitrogens with one attached hydrogen (secondary N) is 1. The van der Waals surface area contributed by atoms with E-state index in [0.29, 0.717) is 11.8 Å². The summed E-state index contributed by atoms with van der Waals surface area (Å²) in [5.41, 5.74) is 4.50. The number of amides is 1. The molecule has 4 aromatic rings. The van der Waals surface area contributed by atoms with Crippen LogP contribution in [0.25, 0.3) is 17.1 Å². The van der Waals surface area contributed by atoms with Crippen LogP contribution in [0.2, 0.25) is 0 Å². The van der Waals surface area contributed by atoms with Crippen molar-refractivity contribution in [2.75, 3.05) is 11.9 Å². The highest BCUT2D eigenvalue weighted by molar-refractivity contribution is 5.90. The van der Waals surface area contributed by atoms with Gasteiger partial charge in [0.25, 0.3) is 5.95 Å². The number of aryl methyl sites for hydroxylation is 3. The molecule has 0 radical (unpaired) electrons. The highest BCUT2D eigenvalue weighted by Gasteiger charge is 2.14. The van der Waals surface area contributed by atoms with Gasteiger partial charge in [0, 0.05) is 23.0 Å². The summed E-state index contributed by atoms with van der Waals surface area (Å²) in [6.07, 6.45) is 0.195. The Morgan fingerprint density at radius 2 is 1.59 bits per heavy atom. The number of carbonyl (C=O) groups is 1. The van der Waals surface area contributed by atoms with Gasteiger partial charge in [-0.25, -0.2) is 9.97 Å². The van der Waals surface area contributed by atoms with Gasteiger partial charge in [-0.05, 0) is 38.5 Å². The third kappa shape index (κ3) is 5.00. The van der Waals surface area contributed by atoms with Crippen molar-refractivity contribution in [1.82, 2.24) is 19.7 Å². The molecule has 32 heavy (non-hydrogen) atoms. The molecule has 2 aromatic carbocycles. The Morgan fingerprint density at radius 3 is 2.34 bits per heavy atom. The molecule has 0 bridgehead atoms. The normalized spacial score (nSPS) is 10.7. The van der Waals surface area contributed by atoms with E-state index in [1.807, 2.05) is 81.4 Å². The summed E-state index contributed by atoms with van der Waals surface area (Å²) in [5, 5.41) is 7.34. The monoisotopic (exact) mass is 427 g/mol. The van der Waals surface area contributed by atoms with Crippen molar-refractivity contribution in [2.45, 2.75) is 27.2 Å². The summed E-state index contributed by atoms with van der Waals surface area (Å²) in [4.78, 5) is 21.5. The van der Waals surface area contributed by atoms with Crippen LogP contribution in [0.4, 0.5) is 5.82 Å². The maximum atomic E-state index is 12.6. The first-order chi connectivity index (χ1) is 15.5. The molecule has 0 saturated carbocycles. The number of carbonyl (C=O) groups excluding carboxylic acids is 1. The van der Waals surface area contributed by atoms with Crippen LogP contribution < -0.4 is 10.1 Å². The van der Waals surface area contributed by atoms with E-state index in [0.717, 1.165) is 34.0 Å². The molecule has 1 N–H and O–H groups in total. The van der Waals surface area contributed by atoms with Crippen LogP contribution in [-0.4, -0.2) is 32.3 Å². The summed E-state index contributed by atoms with van der Waals surface area (Å²) in [7, 11) is 0. The Balaban J connectivity index is 1.42. The highest BCUT2D eigenvalue weighted by Crippen LogP contribution is 2.29. The van der Waals surface area contributed by atoms with Gasteiger partial charge < -0.3 is 10.1 Å². The minimum Gasteiger partial charge on any atom is -0.492 e. The summed E-state index contributed by atoms with van der Waals surface area (Å²) in [6, 6.07) is 21.5. The molecule has 7 heteroatoms. The maximum Gasteiger partial charge on any atom is 0.252 e. The molecule has 0 unspecified atom stereocenters. The SMILES string of the molecule is Cc1cc(C)nc(-n2nc(C)cc2NC(=O)CCOc2ccccc2-c2ccccc2)n1. The molecule has 0 saturated heterocycles. The number of hydrogen-bond acceptors (Lipinski definition) is 5. The molecule has 2 heterocycles. The Kier molecular flexibility index (Phi) is 6.26. The van der Waals surface area contributed by atoms with E-state index in [2.05, 4.69) is 20.4 Å². The number of aromatic nitrogens is 4. The van der Waals surface area contributed by atoms with Gasteiger partial charge in [0.15, 0.2) is 0 Å². The van der Waals surface area contributed by atoms with E-state index in [4.69, 9.17) is 4.74 Å². The fraction of sp³-hybridized carbons (Fsp3) is 0.200. The zero-order valence-corrected chi connectivity index (χ0v) is 18.4. The van der Waals surface area contributed by atoms with Crippen molar-refractivity contribution >= 4 is 11.7 Å². The minimum atomic E-state index is -0.173. The van der Waals surface area contributed by atoms with Crippen LogP contribution >= 0.6 is 0 Å². The van der Waals surface area contributed by atoms with Gasteiger partial charge in [-0.3, -0.25) is 4.79 Å². The molecule has 0 aliphatic carbocycles. The Hall–Kier alpha value is -4.00. The summed E-state index contributed by atoms with van der Waals surface area (Å²) < 4.78 is 7.50. The molecular weight excluding hydrogens is 402 g/mol. The Bertz CT molecular complexity index is 1210. The van der Waals surface area contributed by atoms with E-state index in [-0.39, 0.29) is 18.9 Å². The molecule has 0 spiro atoms. The Morgan fingerprint density at radius 1 is 0.906 bits per heavy atom. The number of anilines is 1. The summed E-state index contributed by atoms with van der Waals surface area (Å²) in [6.45, 7) is 5.91. The second kappa shape index (κ2) is 9.43. The predicted octanol–water partition coefficient (Wildman–Crippen LogP) is 4.66. The van der Waals surface area contributed by atoms with Crippen molar-refractivity contribution in [3.8, 4) is 22.8 Å². The number of para-hydroxylation sites is 1. The lowest BCUT2D eigenvalue weighted by Gasteiger charge is -2.12. The zero-order chi connectivity index (χ0) is 22.5. The van der Waals surface area contributed by atoms with Gasteiger partial charge in [0.1, 0.15) is 11.6 Å². The maximum absolute atomic E-state index is 12.6. The molecule has 1 amide bonds. The van der Waals surface area contributed by atoms with E-state index in [1.54, 1.807) is 10.7 Å². The van der Waals surface area contributed by atoms with Crippen molar-refractivity contribution < 1.29 is 9.53 Å². The molecule has 0 aliphatic heterocycles. The quantitative estimate of drug-likeness (QED) is 0.464. The minimum absolute atomic E-state index is 0.173. The fourth-order valence-electron chi connectivity index (χ4n) is 3.45. The van der Waals surface area contributed by atoms with Crippen LogP contribution in [0.15, 0.2) is 66.7 Å². The number of hydrogen-bond donors (Lipinski definition) is 1. The molecule has 2 aromatic heterocycles. The van der Waals surface area contributed by atoms with E-state index >= 15 is 0 Å². The molecule has 162 valence electrons. The Labute approximate surface area is 187 Å². The lowest BCUT2D eigenvalue weighted by Crippen LogP contribution is -2.18. The van der Waals surface area contributed by atoms with Crippen LogP contribution in [-0.2, 0) is 4.79 Å². The zero-order valence-electron chi connectivity index (χ0n) is 18.4. The smallest absolute Gasteiger partial charge is 0.252 e. The fourth-order valence-corrected chi connectivity index (χ4v) is 3.45. The first-order valence-electron chi connectivity index (χ1n) is 10.5. The van der Waals surface area contributed by atoms with Crippen LogP contribution in [0.5, 0.6) is 5.75 Å². The lowest BCUT2D eigenvalue weighted by atomic mass is 10.1. The molecular formula is C25H25N5O2. The lowest BCUT2D eigenvalue weighted by molar-refractivity contribution is -0.116. The van der Waals surface area contributed by atoms with Gasteiger partial charge in [-0.1, -0.05) is 48.5 Å². The van der Waals surface area contributed by atoms with E-state index in [1.165, 1.54) is 0 Å². The van der Waals surface area contributed by atoms with Crippen LogP contribution in [0.3, 0.4) is 0 Å². The number of ether oxygens (including phenoxy) is 1. The van der Waals surface area contributed by atoms with Crippen molar-refractivity contribution in [2.24, 2.45) is 0 Å². The van der Waals surface area contributed by atoms with Crippen molar-refractivity contribution in [1.29, 1.82) is 0 Å². The second-order valence-corrected chi connectivity index (χ2v) is 7.54.